The summed E-state index contributed by atoms with van der Waals surface area (Å²) in [5.41, 5.74) is 7.66. The van der Waals surface area contributed by atoms with E-state index in [1.54, 1.807) is 25.1 Å². The molecule has 17 heavy (non-hydrogen) atoms. The number of benzene rings is 1. The van der Waals surface area contributed by atoms with Crippen LogP contribution >= 0.6 is 0 Å². The number of aromatic nitrogens is 2. The number of halogens is 1. The van der Waals surface area contributed by atoms with Gasteiger partial charge in [0.1, 0.15) is 11.6 Å². The monoisotopic (exact) mass is 232 g/mol. The van der Waals surface area contributed by atoms with Crippen LogP contribution in [0.25, 0.3) is 0 Å². The van der Waals surface area contributed by atoms with E-state index < -0.39 is 0 Å². The Morgan fingerprint density at radius 2 is 1.94 bits per heavy atom. The zero-order valence-electron chi connectivity index (χ0n) is 9.66. The second-order valence-corrected chi connectivity index (χ2v) is 3.84. The predicted octanol–water partition coefficient (Wildman–Crippen LogP) is 2.56. The molecular formula is C12H13FN4. The van der Waals surface area contributed by atoms with Crippen LogP contribution in [0.4, 0.5) is 21.8 Å². The SMILES string of the molecule is Cc1cc(Nc2ccc(F)c(C)c2)nc(N)n1. The molecule has 5 heteroatoms. The highest BCUT2D eigenvalue weighted by Gasteiger charge is 2.02. The Hall–Kier alpha value is -2.17. The molecule has 0 fully saturated rings. The first-order valence-corrected chi connectivity index (χ1v) is 5.19. The Labute approximate surface area is 98.7 Å². The number of rotatable bonds is 2. The van der Waals surface area contributed by atoms with Gasteiger partial charge in [0, 0.05) is 17.4 Å². The molecule has 0 spiro atoms. The van der Waals surface area contributed by atoms with Gasteiger partial charge in [-0.05, 0) is 37.6 Å². The Morgan fingerprint density at radius 1 is 1.18 bits per heavy atom. The summed E-state index contributed by atoms with van der Waals surface area (Å²) < 4.78 is 13.1. The van der Waals surface area contributed by atoms with Crippen LogP contribution in [0.2, 0.25) is 0 Å². The summed E-state index contributed by atoms with van der Waals surface area (Å²) in [7, 11) is 0. The highest BCUT2D eigenvalue weighted by molar-refractivity contribution is 5.58. The van der Waals surface area contributed by atoms with Crippen LogP contribution in [-0.2, 0) is 0 Å². The second-order valence-electron chi connectivity index (χ2n) is 3.84. The van der Waals surface area contributed by atoms with Crippen molar-refractivity contribution < 1.29 is 4.39 Å². The third-order valence-corrected chi connectivity index (χ3v) is 2.30. The fraction of sp³-hybridized carbons (Fsp3) is 0.167. The molecule has 0 bridgehead atoms. The molecule has 1 aromatic heterocycles. The topological polar surface area (TPSA) is 63.8 Å². The molecule has 3 N–H and O–H groups in total. The smallest absolute Gasteiger partial charge is 0.222 e. The Morgan fingerprint density at radius 3 is 2.59 bits per heavy atom. The summed E-state index contributed by atoms with van der Waals surface area (Å²) in [4.78, 5) is 8.02. The zero-order chi connectivity index (χ0) is 12.4. The number of hydrogen-bond donors (Lipinski definition) is 2. The minimum absolute atomic E-state index is 0.214. The Kier molecular flexibility index (Phi) is 2.91. The van der Waals surface area contributed by atoms with Gasteiger partial charge in [-0.1, -0.05) is 0 Å². The van der Waals surface area contributed by atoms with Crippen LogP contribution in [0, 0.1) is 19.7 Å². The fourth-order valence-electron chi connectivity index (χ4n) is 1.53. The molecule has 88 valence electrons. The van der Waals surface area contributed by atoms with E-state index in [9.17, 15) is 4.39 Å². The van der Waals surface area contributed by atoms with E-state index >= 15 is 0 Å². The van der Waals surface area contributed by atoms with E-state index in [1.807, 2.05) is 6.92 Å². The van der Waals surface area contributed by atoms with Crippen molar-refractivity contribution in [3.05, 3.63) is 41.3 Å². The highest BCUT2D eigenvalue weighted by Crippen LogP contribution is 2.18. The van der Waals surface area contributed by atoms with E-state index in [4.69, 9.17) is 5.73 Å². The first kappa shape index (κ1) is 11.3. The minimum Gasteiger partial charge on any atom is -0.368 e. The Bertz CT molecular complexity index is 534. The largest absolute Gasteiger partial charge is 0.368 e. The molecule has 0 aliphatic rings. The molecule has 0 atom stereocenters. The minimum atomic E-state index is -0.228. The maximum absolute atomic E-state index is 13.1. The maximum Gasteiger partial charge on any atom is 0.222 e. The van der Waals surface area contributed by atoms with Crippen molar-refractivity contribution in [1.29, 1.82) is 0 Å². The van der Waals surface area contributed by atoms with Gasteiger partial charge in [-0.3, -0.25) is 0 Å². The molecule has 0 aliphatic heterocycles. The number of nitrogens with zero attached hydrogens (tertiary/aromatic N) is 2. The van der Waals surface area contributed by atoms with Crippen molar-refractivity contribution in [2.75, 3.05) is 11.1 Å². The molecule has 2 aromatic rings. The molecule has 0 radical (unpaired) electrons. The zero-order valence-corrected chi connectivity index (χ0v) is 9.66. The van der Waals surface area contributed by atoms with Crippen molar-refractivity contribution in [3.63, 3.8) is 0 Å². The highest BCUT2D eigenvalue weighted by atomic mass is 19.1. The summed E-state index contributed by atoms with van der Waals surface area (Å²) in [5.74, 6) is 0.585. The van der Waals surface area contributed by atoms with E-state index in [1.165, 1.54) is 6.07 Å². The number of anilines is 3. The van der Waals surface area contributed by atoms with Gasteiger partial charge in [0.05, 0.1) is 0 Å². The van der Waals surface area contributed by atoms with Crippen LogP contribution in [-0.4, -0.2) is 9.97 Å². The second kappa shape index (κ2) is 4.37. The van der Waals surface area contributed by atoms with E-state index in [2.05, 4.69) is 15.3 Å². The third-order valence-electron chi connectivity index (χ3n) is 2.30. The van der Waals surface area contributed by atoms with E-state index in [-0.39, 0.29) is 11.8 Å². The number of nitrogens with one attached hydrogen (secondary N) is 1. The lowest BCUT2D eigenvalue weighted by Crippen LogP contribution is -2.01. The van der Waals surface area contributed by atoms with Gasteiger partial charge in [-0.15, -0.1) is 0 Å². The summed E-state index contributed by atoms with van der Waals surface area (Å²) in [6.45, 7) is 3.54. The Balaban J connectivity index is 2.28. The first-order valence-electron chi connectivity index (χ1n) is 5.19. The molecule has 0 saturated carbocycles. The standard InChI is InChI=1S/C12H13FN4/c1-7-5-9(3-4-10(7)13)16-11-6-8(2)15-12(14)17-11/h3-6H,1-2H3,(H3,14,15,16,17). The molecule has 1 heterocycles. The molecule has 2 rings (SSSR count). The van der Waals surface area contributed by atoms with Crippen molar-refractivity contribution >= 4 is 17.5 Å². The first-order chi connectivity index (χ1) is 8.04. The van der Waals surface area contributed by atoms with Gasteiger partial charge < -0.3 is 11.1 Å². The van der Waals surface area contributed by atoms with Crippen LogP contribution in [0.1, 0.15) is 11.3 Å². The third kappa shape index (κ3) is 2.69. The van der Waals surface area contributed by atoms with Gasteiger partial charge in [-0.25, -0.2) is 9.37 Å². The van der Waals surface area contributed by atoms with Crippen LogP contribution in [0.5, 0.6) is 0 Å². The molecule has 1 aromatic carbocycles. The average molecular weight is 232 g/mol. The van der Waals surface area contributed by atoms with Gasteiger partial charge >= 0.3 is 0 Å². The maximum atomic E-state index is 13.1. The summed E-state index contributed by atoms with van der Waals surface area (Å²) in [5, 5.41) is 3.06. The van der Waals surface area contributed by atoms with Gasteiger partial charge in [0.25, 0.3) is 0 Å². The predicted molar refractivity (Wildman–Crippen MR) is 65.6 cm³/mol. The molecule has 4 nitrogen and oxygen atoms in total. The molecular weight excluding hydrogens is 219 g/mol. The fourth-order valence-corrected chi connectivity index (χ4v) is 1.53. The van der Waals surface area contributed by atoms with E-state index in [0.717, 1.165) is 11.4 Å². The number of nitrogens with two attached hydrogens (primary N) is 1. The summed E-state index contributed by atoms with van der Waals surface area (Å²) >= 11 is 0. The van der Waals surface area contributed by atoms with Crippen LogP contribution < -0.4 is 11.1 Å². The van der Waals surface area contributed by atoms with Gasteiger partial charge in [-0.2, -0.15) is 4.98 Å². The molecule has 0 amide bonds. The normalized spacial score (nSPS) is 10.3. The summed E-state index contributed by atoms with van der Waals surface area (Å²) in [6, 6.07) is 6.54. The lowest BCUT2D eigenvalue weighted by molar-refractivity contribution is 0.619. The average Bonchev–Trinajstić information content (AvgIpc) is 2.22. The van der Waals surface area contributed by atoms with Crippen LogP contribution in [0.15, 0.2) is 24.3 Å². The van der Waals surface area contributed by atoms with Crippen LogP contribution in [0.3, 0.4) is 0 Å². The van der Waals surface area contributed by atoms with Crippen molar-refractivity contribution in [2.45, 2.75) is 13.8 Å². The molecule has 0 unspecified atom stereocenters. The van der Waals surface area contributed by atoms with Gasteiger partial charge in [0.2, 0.25) is 5.95 Å². The number of hydrogen-bond acceptors (Lipinski definition) is 4. The van der Waals surface area contributed by atoms with Crippen molar-refractivity contribution in [3.8, 4) is 0 Å². The van der Waals surface area contributed by atoms with Gasteiger partial charge in [0.15, 0.2) is 0 Å². The van der Waals surface area contributed by atoms with Crippen molar-refractivity contribution in [1.82, 2.24) is 9.97 Å². The molecule has 0 aliphatic carbocycles. The molecule has 0 saturated heterocycles. The summed E-state index contributed by atoms with van der Waals surface area (Å²) in [6.07, 6.45) is 0. The quantitative estimate of drug-likeness (QED) is 0.835. The lowest BCUT2D eigenvalue weighted by atomic mass is 10.2. The van der Waals surface area contributed by atoms with Crippen molar-refractivity contribution in [2.24, 2.45) is 0 Å². The lowest BCUT2D eigenvalue weighted by Gasteiger charge is -2.08. The number of nitrogen functional groups attached to an aromatic ring is 1. The number of aryl methyl sites for hydroxylation is 2. The van der Waals surface area contributed by atoms with E-state index in [0.29, 0.717) is 11.4 Å².